The van der Waals surface area contributed by atoms with E-state index in [4.69, 9.17) is 0 Å². The zero-order chi connectivity index (χ0) is 29.8. The lowest BCUT2D eigenvalue weighted by Crippen LogP contribution is -2.13. The van der Waals surface area contributed by atoms with Crippen LogP contribution in [-0.4, -0.2) is 11.1 Å². The van der Waals surface area contributed by atoms with Gasteiger partial charge in [0.1, 0.15) is 0 Å². The van der Waals surface area contributed by atoms with E-state index in [2.05, 4.69) is 47.6 Å². The number of hydrogen-bond acceptors (Lipinski definition) is 1. The van der Waals surface area contributed by atoms with Gasteiger partial charge in [0.25, 0.3) is 0 Å². The van der Waals surface area contributed by atoms with Crippen molar-refractivity contribution in [3.05, 3.63) is 11.6 Å². The van der Waals surface area contributed by atoms with Gasteiger partial charge in [0.05, 0.1) is 5.92 Å². The highest BCUT2D eigenvalue weighted by atomic mass is 16.4. The van der Waals surface area contributed by atoms with Crippen molar-refractivity contribution in [3.63, 3.8) is 0 Å². The Morgan fingerprint density at radius 3 is 1.45 bits per heavy atom. The lowest BCUT2D eigenvalue weighted by molar-refractivity contribution is -0.141. The van der Waals surface area contributed by atoms with Crippen LogP contribution in [0.1, 0.15) is 202 Å². The third-order valence-corrected chi connectivity index (χ3v) is 9.15. The van der Waals surface area contributed by atoms with Crippen LogP contribution in [0.5, 0.6) is 0 Å². The lowest BCUT2D eigenvalue weighted by atomic mass is 9.91. The number of carbonyl (C=O) groups is 1. The number of unbranched alkanes of at least 4 members (excludes halogenated alkanes) is 13. The number of rotatable bonds is 30. The molecule has 238 valence electrons. The Labute approximate surface area is 253 Å². The van der Waals surface area contributed by atoms with Crippen LogP contribution in [0.15, 0.2) is 11.6 Å². The molecule has 0 fully saturated rings. The van der Waals surface area contributed by atoms with E-state index in [0.29, 0.717) is 6.42 Å². The van der Waals surface area contributed by atoms with Crippen LogP contribution in [0.3, 0.4) is 0 Å². The number of aliphatic carboxylic acids is 1. The highest BCUT2D eigenvalue weighted by molar-refractivity contribution is 5.70. The van der Waals surface area contributed by atoms with Crippen LogP contribution >= 0.6 is 0 Å². The number of hydrogen-bond donors (Lipinski definition) is 1. The second-order valence-electron chi connectivity index (χ2n) is 14.1. The normalized spacial score (nSPS) is 14.5. The Morgan fingerprint density at radius 1 is 0.575 bits per heavy atom. The third kappa shape index (κ3) is 27.4. The van der Waals surface area contributed by atoms with Gasteiger partial charge in [-0.1, -0.05) is 181 Å². The second-order valence-corrected chi connectivity index (χ2v) is 14.1. The van der Waals surface area contributed by atoms with Crippen LogP contribution in [0, 0.1) is 23.7 Å². The minimum Gasteiger partial charge on any atom is -0.481 e. The van der Waals surface area contributed by atoms with Crippen LogP contribution in [0.4, 0.5) is 0 Å². The number of carboxylic acid groups (broad SMARTS) is 1. The van der Waals surface area contributed by atoms with Gasteiger partial charge in [-0.15, -0.1) is 0 Å². The largest absolute Gasteiger partial charge is 0.481 e. The molecular formula is C38H74O2. The second kappa shape index (κ2) is 28.3. The fraction of sp³-hybridized carbons (Fsp3) is 0.921. The van der Waals surface area contributed by atoms with Crippen molar-refractivity contribution >= 4 is 5.97 Å². The first-order valence-electron chi connectivity index (χ1n) is 18.1. The average Bonchev–Trinajstić information content (AvgIpc) is 2.90. The van der Waals surface area contributed by atoms with Crippen LogP contribution < -0.4 is 0 Å². The Balaban J connectivity index is 3.81. The minimum atomic E-state index is -0.606. The molecule has 0 saturated heterocycles. The standard InChI is InChI=1S/C38H74O2/c1-7-8-9-10-11-12-13-14-15-16-17-18-19-20-30-37(38(39)40)32-31-36(6)29-23-28-35(5)27-22-26-34(4)25-21-24-33(2)3/h31,33-35,37H,7-30,32H2,1-6H3,(H,39,40)/b36-31+/t34-,35-,37?/m1/s1. The zero-order valence-electron chi connectivity index (χ0n) is 28.4. The predicted molar refractivity (Wildman–Crippen MR) is 179 cm³/mol. The smallest absolute Gasteiger partial charge is 0.306 e. The highest BCUT2D eigenvalue weighted by Crippen LogP contribution is 2.23. The molecule has 0 aliphatic rings. The van der Waals surface area contributed by atoms with Gasteiger partial charge >= 0.3 is 5.97 Å². The van der Waals surface area contributed by atoms with Crippen molar-refractivity contribution in [2.75, 3.05) is 0 Å². The third-order valence-electron chi connectivity index (χ3n) is 9.15. The van der Waals surface area contributed by atoms with E-state index in [9.17, 15) is 9.90 Å². The Morgan fingerprint density at radius 2 is 1.00 bits per heavy atom. The summed E-state index contributed by atoms with van der Waals surface area (Å²) in [5.41, 5.74) is 1.39. The molecule has 1 unspecified atom stereocenters. The molecule has 0 rings (SSSR count). The highest BCUT2D eigenvalue weighted by Gasteiger charge is 2.15. The quantitative estimate of drug-likeness (QED) is 0.0698. The summed E-state index contributed by atoms with van der Waals surface area (Å²) in [7, 11) is 0. The van der Waals surface area contributed by atoms with Gasteiger partial charge in [-0.2, -0.15) is 0 Å². The maximum atomic E-state index is 11.8. The van der Waals surface area contributed by atoms with Gasteiger partial charge in [-0.3, -0.25) is 4.79 Å². The molecule has 0 aromatic heterocycles. The van der Waals surface area contributed by atoms with Gasteiger partial charge in [0.2, 0.25) is 0 Å². The summed E-state index contributed by atoms with van der Waals surface area (Å²) in [5.74, 6) is 1.72. The average molecular weight is 563 g/mol. The number of carboxylic acids is 1. The minimum absolute atomic E-state index is 0.200. The molecule has 0 amide bonds. The molecular weight excluding hydrogens is 488 g/mol. The molecule has 0 saturated carbocycles. The molecule has 2 nitrogen and oxygen atoms in total. The summed E-state index contributed by atoms with van der Waals surface area (Å²) in [6, 6.07) is 0. The van der Waals surface area contributed by atoms with E-state index in [1.54, 1.807) is 0 Å². The topological polar surface area (TPSA) is 37.3 Å². The first-order chi connectivity index (χ1) is 19.3. The van der Waals surface area contributed by atoms with E-state index in [1.807, 2.05) is 0 Å². The Bertz CT molecular complexity index is 578. The zero-order valence-corrected chi connectivity index (χ0v) is 28.4. The van der Waals surface area contributed by atoms with E-state index in [1.165, 1.54) is 140 Å². The van der Waals surface area contributed by atoms with Crippen molar-refractivity contribution in [2.45, 2.75) is 202 Å². The summed E-state index contributed by atoms with van der Waals surface area (Å²) in [5, 5.41) is 9.70. The van der Waals surface area contributed by atoms with Crippen LogP contribution in [0.2, 0.25) is 0 Å². The molecule has 0 aromatic rings. The lowest BCUT2D eigenvalue weighted by Gasteiger charge is -2.15. The maximum Gasteiger partial charge on any atom is 0.306 e. The molecule has 2 heteroatoms. The molecule has 0 aliphatic carbocycles. The van der Waals surface area contributed by atoms with E-state index >= 15 is 0 Å². The molecule has 0 radical (unpaired) electrons. The van der Waals surface area contributed by atoms with Crippen LogP contribution in [-0.2, 0) is 4.79 Å². The van der Waals surface area contributed by atoms with E-state index in [0.717, 1.165) is 37.0 Å². The van der Waals surface area contributed by atoms with Crippen molar-refractivity contribution < 1.29 is 9.90 Å². The summed E-state index contributed by atoms with van der Waals surface area (Å²) >= 11 is 0. The van der Waals surface area contributed by atoms with Crippen molar-refractivity contribution in [1.29, 1.82) is 0 Å². The molecule has 0 heterocycles. The summed E-state index contributed by atoms with van der Waals surface area (Å²) < 4.78 is 0. The van der Waals surface area contributed by atoms with Gasteiger partial charge in [-0.05, 0) is 50.4 Å². The van der Waals surface area contributed by atoms with E-state index < -0.39 is 5.97 Å². The van der Waals surface area contributed by atoms with Gasteiger partial charge in [-0.25, -0.2) is 0 Å². The van der Waals surface area contributed by atoms with Crippen LogP contribution in [0.25, 0.3) is 0 Å². The van der Waals surface area contributed by atoms with Crippen molar-refractivity contribution in [3.8, 4) is 0 Å². The molecule has 0 bridgehead atoms. The van der Waals surface area contributed by atoms with Gasteiger partial charge in [0.15, 0.2) is 0 Å². The van der Waals surface area contributed by atoms with Crippen molar-refractivity contribution in [2.24, 2.45) is 23.7 Å². The summed E-state index contributed by atoms with van der Waals surface area (Å²) in [4.78, 5) is 11.8. The fourth-order valence-corrected chi connectivity index (χ4v) is 6.08. The maximum absolute atomic E-state index is 11.8. The molecule has 0 spiro atoms. The van der Waals surface area contributed by atoms with E-state index in [-0.39, 0.29) is 5.92 Å². The Kier molecular flexibility index (Phi) is 27.8. The molecule has 40 heavy (non-hydrogen) atoms. The first kappa shape index (κ1) is 39.2. The number of allylic oxidation sites excluding steroid dienone is 2. The monoisotopic (exact) mass is 563 g/mol. The van der Waals surface area contributed by atoms with Gasteiger partial charge < -0.3 is 5.11 Å². The molecule has 3 atom stereocenters. The fourth-order valence-electron chi connectivity index (χ4n) is 6.08. The Hall–Kier alpha value is -0.790. The predicted octanol–water partition coefficient (Wildman–Crippen LogP) is 13.3. The molecule has 0 aromatic carbocycles. The summed E-state index contributed by atoms with van der Waals surface area (Å²) in [6.45, 7) is 14.0. The first-order valence-corrected chi connectivity index (χ1v) is 18.1. The SMILES string of the molecule is CCCCCCCCCCCCCCCCC(C/C=C(\C)CCC[C@H](C)CCC[C@H](C)CCCC(C)C)C(=O)O. The molecule has 1 N–H and O–H groups in total. The summed E-state index contributed by atoms with van der Waals surface area (Å²) in [6.07, 6.45) is 34.6. The van der Waals surface area contributed by atoms with Crippen molar-refractivity contribution in [1.82, 2.24) is 0 Å². The molecule has 0 aliphatic heterocycles. The van der Waals surface area contributed by atoms with Gasteiger partial charge in [0, 0.05) is 0 Å².